The topological polar surface area (TPSA) is 49.2 Å². The SMILES string of the molecule is CC1CCCC2C1CCCN2C(=O)CC1(c2c[nH]c3cccc(-c4ccc(F)o4)c23)CC1. The monoisotopic (exact) mass is 434 g/mol. The number of carbonyl (C=O) groups is 1. The van der Waals surface area contributed by atoms with Crippen LogP contribution in [0.2, 0.25) is 0 Å². The summed E-state index contributed by atoms with van der Waals surface area (Å²) in [5, 5.41) is 1.06. The molecule has 0 spiro atoms. The van der Waals surface area contributed by atoms with Crippen molar-refractivity contribution >= 4 is 16.8 Å². The van der Waals surface area contributed by atoms with E-state index in [4.69, 9.17) is 4.42 Å². The molecule has 3 heterocycles. The summed E-state index contributed by atoms with van der Waals surface area (Å²) in [5.41, 5.74) is 2.95. The van der Waals surface area contributed by atoms with E-state index in [1.54, 1.807) is 6.07 Å². The Morgan fingerprint density at radius 2 is 2.06 bits per heavy atom. The van der Waals surface area contributed by atoms with Crippen molar-refractivity contribution in [1.29, 1.82) is 0 Å². The third-order valence-electron chi connectivity index (χ3n) is 8.50. The number of amides is 1. The van der Waals surface area contributed by atoms with Crippen LogP contribution in [-0.2, 0) is 10.2 Å². The predicted molar refractivity (Wildman–Crippen MR) is 123 cm³/mol. The number of fused-ring (bicyclic) bond motifs is 2. The maximum Gasteiger partial charge on any atom is 0.278 e. The lowest BCUT2D eigenvalue weighted by Gasteiger charge is -2.47. The summed E-state index contributed by atoms with van der Waals surface area (Å²) in [6.45, 7) is 3.28. The summed E-state index contributed by atoms with van der Waals surface area (Å²) in [7, 11) is 0. The van der Waals surface area contributed by atoms with Crippen molar-refractivity contribution in [2.24, 2.45) is 11.8 Å². The van der Waals surface area contributed by atoms with Crippen LogP contribution < -0.4 is 0 Å². The van der Waals surface area contributed by atoms with Gasteiger partial charge in [0.1, 0.15) is 5.76 Å². The zero-order valence-electron chi connectivity index (χ0n) is 18.7. The Hall–Kier alpha value is -2.56. The number of H-pyrrole nitrogens is 1. The Labute approximate surface area is 188 Å². The predicted octanol–water partition coefficient (Wildman–Crippen LogP) is 6.42. The minimum Gasteiger partial charge on any atom is -0.431 e. The van der Waals surface area contributed by atoms with Gasteiger partial charge in [0.2, 0.25) is 5.91 Å². The van der Waals surface area contributed by atoms with Crippen LogP contribution in [0.5, 0.6) is 0 Å². The fourth-order valence-corrected chi connectivity index (χ4v) is 6.64. The molecule has 0 bridgehead atoms. The molecule has 1 aliphatic heterocycles. The third-order valence-corrected chi connectivity index (χ3v) is 8.50. The van der Waals surface area contributed by atoms with Gasteiger partial charge >= 0.3 is 0 Å². The van der Waals surface area contributed by atoms with Crippen LogP contribution in [0.1, 0.15) is 63.9 Å². The first kappa shape index (κ1) is 20.1. The number of aromatic amines is 1. The molecular weight excluding hydrogens is 403 g/mol. The van der Waals surface area contributed by atoms with E-state index in [1.807, 2.05) is 18.2 Å². The summed E-state index contributed by atoms with van der Waals surface area (Å²) in [6.07, 6.45) is 10.8. The van der Waals surface area contributed by atoms with Crippen LogP contribution in [0.25, 0.3) is 22.2 Å². The van der Waals surface area contributed by atoms with E-state index in [1.165, 1.54) is 30.9 Å². The van der Waals surface area contributed by atoms with Gasteiger partial charge in [0, 0.05) is 53.2 Å². The molecule has 2 saturated carbocycles. The molecule has 6 rings (SSSR count). The average molecular weight is 435 g/mol. The number of hydrogen-bond donors (Lipinski definition) is 1. The molecule has 3 atom stereocenters. The molecule has 1 aromatic carbocycles. The lowest BCUT2D eigenvalue weighted by molar-refractivity contribution is -0.139. The Morgan fingerprint density at radius 1 is 1.19 bits per heavy atom. The van der Waals surface area contributed by atoms with Crippen molar-refractivity contribution < 1.29 is 13.6 Å². The fraction of sp³-hybridized carbons (Fsp3) is 0.519. The Bertz CT molecular complexity index is 1160. The van der Waals surface area contributed by atoms with Gasteiger partial charge in [-0.1, -0.05) is 31.9 Å². The number of nitrogens with zero attached hydrogens (tertiary/aromatic N) is 1. The highest BCUT2D eigenvalue weighted by Gasteiger charge is 2.49. The van der Waals surface area contributed by atoms with Gasteiger partial charge in [0.05, 0.1) is 0 Å². The van der Waals surface area contributed by atoms with Crippen LogP contribution in [0, 0.1) is 17.8 Å². The summed E-state index contributed by atoms with van der Waals surface area (Å²) < 4.78 is 18.9. The van der Waals surface area contributed by atoms with Crippen molar-refractivity contribution in [3.8, 4) is 11.3 Å². The van der Waals surface area contributed by atoms with Crippen molar-refractivity contribution in [1.82, 2.24) is 9.88 Å². The molecule has 1 N–H and O–H groups in total. The lowest BCUT2D eigenvalue weighted by atomic mass is 9.72. The highest BCUT2D eigenvalue weighted by atomic mass is 19.1. The summed E-state index contributed by atoms with van der Waals surface area (Å²) in [6, 6.07) is 8.87. The van der Waals surface area contributed by atoms with Gasteiger partial charge in [-0.2, -0.15) is 4.39 Å². The Balaban J connectivity index is 1.32. The van der Waals surface area contributed by atoms with Gasteiger partial charge in [0.15, 0.2) is 0 Å². The number of furan rings is 1. The van der Waals surface area contributed by atoms with E-state index in [0.717, 1.165) is 54.6 Å². The van der Waals surface area contributed by atoms with Crippen LogP contribution in [-0.4, -0.2) is 28.4 Å². The molecule has 2 aliphatic carbocycles. The number of benzene rings is 1. The molecule has 2 aromatic heterocycles. The Kier molecular flexibility index (Phi) is 4.70. The normalized spacial score (nSPS) is 26.8. The zero-order valence-corrected chi connectivity index (χ0v) is 18.7. The van der Waals surface area contributed by atoms with Gasteiger partial charge in [-0.3, -0.25) is 4.79 Å². The summed E-state index contributed by atoms with van der Waals surface area (Å²) >= 11 is 0. The second-order valence-electron chi connectivity index (χ2n) is 10.4. The molecule has 0 radical (unpaired) electrons. The van der Waals surface area contributed by atoms with Gasteiger partial charge in [-0.15, -0.1) is 0 Å². The number of likely N-dealkylation sites (tertiary alicyclic amines) is 1. The first-order valence-corrected chi connectivity index (χ1v) is 12.2. The average Bonchev–Trinajstić information content (AvgIpc) is 3.22. The highest BCUT2D eigenvalue weighted by molar-refractivity contribution is 5.98. The molecule has 4 nitrogen and oxygen atoms in total. The second-order valence-corrected chi connectivity index (χ2v) is 10.4. The van der Waals surface area contributed by atoms with E-state index < -0.39 is 6.01 Å². The number of halogens is 1. The maximum absolute atomic E-state index is 13.7. The van der Waals surface area contributed by atoms with E-state index in [0.29, 0.717) is 30.0 Å². The number of piperidine rings is 1. The standard InChI is InChI=1S/C27H31FN2O2/c1-17-5-2-9-22-18(17)7-4-14-30(22)25(31)15-27(12-13-27)20-16-29-21-8-3-6-19(26(20)21)23-10-11-24(28)32-23/h3,6,8,10-11,16-18,22,29H,2,4-5,7,9,12-15H2,1H3. The summed E-state index contributed by atoms with van der Waals surface area (Å²) in [5.74, 6) is 2.25. The third kappa shape index (κ3) is 3.20. The first-order valence-electron chi connectivity index (χ1n) is 12.2. The number of rotatable bonds is 4. The molecule has 3 unspecified atom stereocenters. The number of aromatic nitrogens is 1. The first-order chi connectivity index (χ1) is 15.6. The largest absolute Gasteiger partial charge is 0.431 e. The van der Waals surface area contributed by atoms with Crippen LogP contribution in [0.3, 0.4) is 0 Å². The minimum absolute atomic E-state index is 0.121. The molecule has 5 heteroatoms. The minimum atomic E-state index is -0.577. The molecule has 168 valence electrons. The van der Waals surface area contributed by atoms with Crippen LogP contribution >= 0.6 is 0 Å². The van der Waals surface area contributed by atoms with Crippen molar-refractivity contribution in [2.75, 3.05) is 6.54 Å². The highest BCUT2D eigenvalue weighted by Crippen LogP contribution is 2.55. The number of carbonyl (C=O) groups excluding carboxylic acids is 1. The molecule has 3 aromatic rings. The smallest absolute Gasteiger partial charge is 0.278 e. The quantitative estimate of drug-likeness (QED) is 0.515. The van der Waals surface area contributed by atoms with Crippen molar-refractivity contribution in [3.63, 3.8) is 0 Å². The van der Waals surface area contributed by atoms with Gasteiger partial charge in [-0.05, 0) is 61.6 Å². The summed E-state index contributed by atoms with van der Waals surface area (Å²) in [4.78, 5) is 19.3. The van der Waals surface area contributed by atoms with E-state index in [2.05, 4.69) is 23.0 Å². The van der Waals surface area contributed by atoms with Gasteiger partial charge in [-0.25, -0.2) is 0 Å². The molecule has 32 heavy (non-hydrogen) atoms. The zero-order chi connectivity index (χ0) is 21.9. The maximum atomic E-state index is 13.7. The number of hydrogen-bond acceptors (Lipinski definition) is 2. The van der Waals surface area contributed by atoms with Crippen LogP contribution in [0.4, 0.5) is 4.39 Å². The van der Waals surface area contributed by atoms with E-state index >= 15 is 0 Å². The fourth-order valence-electron chi connectivity index (χ4n) is 6.64. The molecule has 1 saturated heterocycles. The second kappa shape index (κ2) is 7.50. The van der Waals surface area contributed by atoms with E-state index in [9.17, 15) is 9.18 Å². The molecule has 3 fully saturated rings. The number of nitrogens with one attached hydrogen (secondary N) is 1. The lowest BCUT2D eigenvalue weighted by Crippen LogP contribution is -2.52. The Morgan fingerprint density at radius 3 is 2.84 bits per heavy atom. The molecule has 1 amide bonds. The van der Waals surface area contributed by atoms with Gasteiger partial charge in [0.25, 0.3) is 6.01 Å². The van der Waals surface area contributed by atoms with Crippen molar-refractivity contribution in [3.05, 3.63) is 48.1 Å². The molecular formula is C27H31FN2O2. The molecule has 3 aliphatic rings. The van der Waals surface area contributed by atoms with Gasteiger partial charge < -0.3 is 14.3 Å². The van der Waals surface area contributed by atoms with Crippen molar-refractivity contribution in [2.45, 2.75) is 69.7 Å². The van der Waals surface area contributed by atoms with E-state index in [-0.39, 0.29) is 5.41 Å². The van der Waals surface area contributed by atoms with Crippen LogP contribution in [0.15, 0.2) is 40.9 Å².